The summed E-state index contributed by atoms with van der Waals surface area (Å²) in [7, 11) is 0. The minimum absolute atomic E-state index is 0.0869. The first-order valence-electron chi connectivity index (χ1n) is 6.63. The number of carbonyl (C=O) groups excluding carboxylic acids is 1. The van der Waals surface area contributed by atoms with E-state index in [1.807, 2.05) is 24.3 Å². The molecule has 0 saturated carbocycles. The lowest BCUT2D eigenvalue weighted by molar-refractivity contribution is 0.0908. The fraction of sp³-hybridized carbons (Fsp3) is 0.267. The van der Waals surface area contributed by atoms with Gasteiger partial charge in [-0.2, -0.15) is 0 Å². The molecule has 110 valence electrons. The van der Waals surface area contributed by atoms with Crippen LogP contribution < -0.4 is 5.32 Å². The summed E-state index contributed by atoms with van der Waals surface area (Å²) >= 11 is 10.6. The van der Waals surface area contributed by atoms with Crippen LogP contribution in [0.5, 0.6) is 0 Å². The van der Waals surface area contributed by atoms with Gasteiger partial charge < -0.3 is 5.32 Å². The van der Waals surface area contributed by atoms with Gasteiger partial charge in [0.05, 0.1) is 10.9 Å². The molecule has 2 heterocycles. The molecule has 0 amide bonds. The van der Waals surface area contributed by atoms with E-state index in [4.69, 9.17) is 0 Å². The SMILES string of the molecule is O=C(Cc1cccc(Br)c1)n1c(Br)c(Br)c2c1CCNC2. The van der Waals surface area contributed by atoms with Crippen LogP contribution in [-0.2, 0) is 19.4 Å². The predicted molar refractivity (Wildman–Crippen MR) is 93.7 cm³/mol. The zero-order valence-corrected chi connectivity index (χ0v) is 15.9. The average Bonchev–Trinajstić information content (AvgIpc) is 2.71. The number of rotatable bonds is 2. The van der Waals surface area contributed by atoms with Crippen molar-refractivity contribution in [1.82, 2.24) is 9.88 Å². The van der Waals surface area contributed by atoms with E-state index in [-0.39, 0.29) is 5.91 Å². The minimum Gasteiger partial charge on any atom is -0.312 e. The number of benzene rings is 1. The maximum atomic E-state index is 12.7. The van der Waals surface area contributed by atoms with E-state index in [1.54, 1.807) is 4.57 Å². The summed E-state index contributed by atoms with van der Waals surface area (Å²) in [5.74, 6) is 0.0869. The highest BCUT2D eigenvalue weighted by Gasteiger charge is 2.25. The van der Waals surface area contributed by atoms with Crippen LogP contribution >= 0.6 is 47.8 Å². The smallest absolute Gasteiger partial charge is 0.236 e. The highest BCUT2D eigenvalue weighted by atomic mass is 79.9. The topological polar surface area (TPSA) is 34.0 Å². The summed E-state index contributed by atoms with van der Waals surface area (Å²) in [6.07, 6.45) is 1.25. The molecule has 0 saturated heterocycles. The highest BCUT2D eigenvalue weighted by Crippen LogP contribution is 2.34. The molecule has 1 aliphatic rings. The number of nitrogens with zero attached hydrogens (tertiary/aromatic N) is 1. The number of hydrogen-bond acceptors (Lipinski definition) is 2. The monoisotopic (exact) mass is 474 g/mol. The lowest BCUT2D eigenvalue weighted by Crippen LogP contribution is -2.27. The average molecular weight is 477 g/mol. The van der Waals surface area contributed by atoms with Crippen molar-refractivity contribution in [3.8, 4) is 0 Å². The van der Waals surface area contributed by atoms with Crippen molar-refractivity contribution in [2.45, 2.75) is 19.4 Å². The lowest BCUT2D eigenvalue weighted by atomic mass is 10.1. The Kier molecular flexibility index (Phi) is 4.69. The van der Waals surface area contributed by atoms with Gasteiger partial charge in [0.15, 0.2) is 0 Å². The lowest BCUT2D eigenvalue weighted by Gasteiger charge is -2.16. The van der Waals surface area contributed by atoms with Crippen molar-refractivity contribution in [3.63, 3.8) is 0 Å². The van der Waals surface area contributed by atoms with Crippen molar-refractivity contribution >= 4 is 53.7 Å². The maximum absolute atomic E-state index is 12.7. The molecule has 3 nitrogen and oxygen atoms in total. The molecule has 0 unspecified atom stereocenters. The van der Waals surface area contributed by atoms with Crippen LogP contribution in [0.1, 0.15) is 21.6 Å². The molecule has 6 heteroatoms. The zero-order valence-electron chi connectivity index (χ0n) is 11.1. The maximum Gasteiger partial charge on any atom is 0.236 e. The molecule has 0 atom stereocenters. The third kappa shape index (κ3) is 3.04. The standard InChI is InChI=1S/C15H13Br3N2O/c16-10-3-1-2-9(6-10)7-13(21)20-12-4-5-19-8-11(12)14(17)15(20)18/h1-3,6,19H,4-5,7-8H2. The molecule has 0 bridgehead atoms. The van der Waals surface area contributed by atoms with Gasteiger partial charge in [-0.15, -0.1) is 0 Å². The van der Waals surface area contributed by atoms with Crippen LogP contribution in [0.2, 0.25) is 0 Å². The van der Waals surface area contributed by atoms with Crippen molar-refractivity contribution in [2.75, 3.05) is 6.54 Å². The Labute approximate surface area is 148 Å². The number of fused-ring (bicyclic) bond motifs is 1. The van der Waals surface area contributed by atoms with Crippen LogP contribution in [0.4, 0.5) is 0 Å². The van der Waals surface area contributed by atoms with Gasteiger partial charge in [-0.25, -0.2) is 0 Å². The minimum atomic E-state index is 0.0869. The molecule has 1 N–H and O–H groups in total. The summed E-state index contributed by atoms with van der Waals surface area (Å²) in [5.41, 5.74) is 3.29. The molecule has 1 aliphatic heterocycles. The number of halogens is 3. The highest BCUT2D eigenvalue weighted by molar-refractivity contribution is 9.13. The molecule has 0 fully saturated rings. The third-order valence-corrected chi connectivity index (χ3v) is 6.23. The van der Waals surface area contributed by atoms with E-state index in [1.165, 1.54) is 5.56 Å². The Balaban J connectivity index is 1.95. The largest absolute Gasteiger partial charge is 0.312 e. The van der Waals surface area contributed by atoms with Crippen LogP contribution in [0.25, 0.3) is 0 Å². The molecule has 0 spiro atoms. The number of aromatic nitrogens is 1. The number of nitrogens with one attached hydrogen (secondary N) is 1. The van der Waals surface area contributed by atoms with E-state index < -0.39 is 0 Å². The van der Waals surface area contributed by atoms with E-state index in [2.05, 4.69) is 53.1 Å². The van der Waals surface area contributed by atoms with E-state index >= 15 is 0 Å². The second kappa shape index (κ2) is 6.36. The molecule has 2 aromatic rings. The molecule has 21 heavy (non-hydrogen) atoms. The van der Waals surface area contributed by atoms with Crippen molar-refractivity contribution < 1.29 is 4.79 Å². The number of hydrogen-bond donors (Lipinski definition) is 1. The fourth-order valence-electron chi connectivity index (χ4n) is 2.63. The van der Waals surface area contributed by atoms with Crippen LogP contribution in [-0.4, -0.2) is 17.0 Å². The van der Waals surface area contributed by atoms with Crippen molar-refractivity contribution in [1.29, 1.82) is 0 Å². The second-order valence-corrected chi connectivity index (χ2v) is 7.45. The fourth-order valence-corrected chi connectivity index (χ4v) is 4.27. The summed E-state index contributed by atoms with van der Waals surface area (Å²) < 4.78 is 4.59. The summed E-state index contributed by atoms with van der Waals surface area (Å²) in [5, 5.41) is 3.34. The van der Waals surface area contributed by atoms with Crippen LogP contribution in [0.3, 0.4) is 0 Å². The quantitative estimate of drug-likeness (QED) is 0.701. The van der Waals surface area contributed by atoms with E-state index in [9.17, 15) is 4.79 Å². The summed E-state index contributed by atoms with van der Waals surface area (Å²) in [4.78, 5) is 12.7. The van der Waals surface area contributed by atoms with Crippen molar-refractivity contribution in [3.05, 3.63) is 54.6 Å². The first-order chi connectivity index (χ1) is 10.1. The van der Waals surface area contributed by atoms with Crippen molar-refractivity contribution in [2.24, 2.45) is 0 Å². The second-order valence-electron chi connectivity index (χ2n) is 4.99. The van der Waals surface area contributed by atoms with E-state index in [0.717, 1.165) is 44.3 Å². The van der Waals surface area contributed by atoms with Gasteiger partial charge in [-0.3, -0.25) is 9.36 Å². The molecular weight excluding hydrogens is 464 g/mol. The Morgan fingerprint density at radius 2 is 2.10 bits per heavy atom. The van der Waals surface area contributed by atoms with Gasteiger partial charge in [0.25, 0.3) is 0 Å². The normalized spacial score (nSPS) is 14.0. The van der Waals surface area contributed by atoms with Crippen LogP contribution in [0.15, 0.2) is 37.8 Å². The molecule has 3 rings (SSSR count). The van der Waals surface area contributed by atoms with Gasteiger partial charge in [0, 0.05) is 35.2 Å². The first-order valence-corrected chi connectivity index (χ1v) is 9.01. The first kappa shape index (κ1) is 15.5. The molecule has 0 aliphatic carbocycles. The predicted octanol–water partition coefficient (Wildman–Crippen LogP) is 4.30. The van der Waals surface area contributed by atoms with Gasteiger partial charge in [-0.1, -0.05) is 28.1 Å². The Hall–Kier alpha value is -0.430. The van der Waals surface area contributed by atoms with Gasteiger partial charge in [-0.05, 0) is 49.6 Å². The Morgan fingerprint density at radius 1 is 1.29 bits per heavy atom. The number of carbonyl (C=O) groups is 1. The van der Waals surface area contributed by atoms with Gasteiger partial charge in [0.1, 0.15) is 4.60 Å². The van der Waals surface area contributed by atoms with Crippen LogP contribution in [0, 0.1) is 0 Å². The molecule has 1 aromatic heterocycles. The van der Waals surface area contributed by atoms with Gasteiger partial charge in [0.2, 0.25) is 5.91 Å². The molecule has 0 radical (unpaired) electrons. The zero-order chi connectivity index (χ0) is 15.0. The third-order valence-electron chi connectivity index (χ3n) is 3.59. The Bertz CT molecular complexity index is 709. The molecular formula is C15H13Br3N2O. The molecule has 1 aromatic carbocycles. The Morgan fingerprint density at radius 3 is 2.86 bits per heavy atom. The van der Waals surface area contributed by atoms with Gasteiger partial charge >= 0.3 is 0 Å². The summed E-state index contributed by atoms with van der Waals surface area (Å²) in [6.45, 7) is 1.70. The summed E-state index contributed by atoms with van der Waals surface area (Å²) in [6, 6.07) is 7.87. The van der Waals surface area contributed by atoms with E-state index in [0.29, 0.717) is 6.42 Å².